The summed E-state index contributed by atoms with van der Waals surface area (Å²) in [6.45, 7) is 3.28. The number of carbonyl (C=O) groups is 2. The van der Waals surface area contributed by atoms with E-state index in [-0.39, 0.29) is 22.7 Å². The van der Waals surface area contributed by atoms with E-state index in [1.807, 2.05) is 6.92 Å². The maximum Gasteiger partial charge on any atom is 0.340 e. The number of aromatic nitrogens is 1. The maximum atomic E-state index is 13.3. The number of rotatable bonds is 3. The summed E-state index contributed by atoms with van der Waals surface area (Å²) in [5.74, 6) is -1.66. The number of nitrogens with zero attached hydrogens (tertiary/aromatic N) is 2. The predicted octanol–water partition coefficient (Wildman–Crippen LogP) is 2.27. The summed E-state index contributed by atoms with van der Waals surface area (Å²) in [5, 5.41) is 2.63. The molecule has 0 saturated heterocycles. The Labute approximate surface area is 144 Å². The van der Waals surface area contributed by atoms with Crippen molar-refractivity contribution in [2.75, 3.05) is 14.2 Å². The summed E-state index contributed by atoms with van der Waals surface area (Å²) in [5.41, 5.74) is 1.93. The molecule has 1 aromatic heterocycles. The monoisotopic (exact) mass is 343 g/mol. The number of pyridine rings is 1. The number of carbonyl (C=O) groups excluding carboxylic acids is 2. The van der Waals surface area contributed by atoms with Gasteiger partial charge >= 0.3 is 5.97 Å². The SMILES string of the molecule is C/C=C1/C=C(NC(=O)c2ccc(F)c(C)n2)C(C(=O)OC)=CC1=NC. The average Bonchev–Trinajstić information content (AvgIpc) is 2.62. The average molecular weight is 343 g/mol. The Morgan fingerprint density at radius 2 is 2.04 bits per heavy atom. The molecule has 25 heavy (non-hydrogen) atoms. The minimum absolute atomic E-state index is 0.0426. The Morgan fingerprint density at radius 3 is 2.60 bits per heavy atom. The number of hydrogen-bond acceptors (Lipinski definition) is 5. The zero-order chi connectivity index (χ0) is 18.6. The number of allylic oxidation sites excluding steroid dienone is 4. The van der Waals surface area contributed by atoms with Crippen LogP contribution in [0.5, 0.6) is 0 Å². The Kier molecular flexibility index (Phi) is 5.59. The lowest BCUT2D eigenvalue weighted by Crippen LogP contribution is -2.29. The van der Waals surface area contributed by atoms with Crippen molar-refractivity contribution in [2.24, 2.45) is 4.99 Å². The maximum absolute atomic E-state index is 13.3. The largest absolute Gasteiger partial charge is 0.465 e. The van der Waals surface area contributed by atoms with Gasteiger partial charge in [-0.1, -0.05) is 6.08 Å². The van der Waals surface area contributed by atoms with Gasteiger partial charge in [0.05, 0.1) is 29.8 Å². The van der Waals surface area contributed by atoms with Crippen molar-refractivity contribution in [3.8, 4) is 0 Å². The fourth-order valence-corrected chi connectivity index (χ4v) is 2.27. The van der Waals surface area contributed by atoms with Gasteiger partial charge in [-0.25, -0.2) is 14.2 Å². The number of hydrogen-bond donors (Lipinski definition) is 1. The number of aliphatic imine (C=N–C) groups is 1. The van der Waals surface area contributed by atoms with Crippen LogP contribution in [0.1, 0.15) is 23.1 Å². The van der Waals surface area contributed by atoms with Gasteiger partial charge in [-0.2, -0.15) is 0 Å². The molecule has 6 nitrogen and oxygen atoms in total. The first kappa shape index (κ1) is 18.3. The second-order valence-electron chi connectivity index (χ2n) is 5.18. The van der Waals surface area contributed by atoms with Crippen molar-refractivity contribution in [1.29, 1.82) is 0 Å². The van der Waals surface area contributed by atoms with Crippen LogP contribution in [0, 0.1) is 12.7 Å². The van der Waals surface area contributed by atoms with E-state index in [9.17, 15) is 14.0 Å². The van der Waals surface area contributed by atoms with Gasteiger partial charge in [0.2, 0.25) is 0 Å². The molecule has 0 fully saturated rings. The molecule has 0 saturated carbocycles. The lowest BCUT2D eigenvalue weighted by Gasteiger charge is -2.18. The molecule has 0 aliphatic heterocycles. The molecule has 1 N–H and O–H groups in total. The second-order valence-corrected chi connectivity index (χ2v) is 5.18. The molecule has 1 aliphatic carbocycles. The highest BCUT2D eigenvalue weighted by atomic mass is 19.1. The van der Waals surface area contributed by atoms with Crippen LogP contribution in [0.2, 0.25) is 0 Å². The molecule has 130 valence electrons. The summed E-state index contributed by atoms with van der Waals surface area (Å²) in [6, 6.07) is 2.45. The van der Waals surface area contributed by atoms with E-state index >= 15 is 0 Å². The van der Waals surface area contributed by atoms with Crippen LogP contribution < -0.4 is 5.32 Å². The van der Waals surface area contributed by atoms with Crippen LogP contribution in [0.3, 0.4) is 0 Å². The highest BCUT2D eigenvalue weighted by molar-refractivity contribution is 6.17. The molecule has 7 heteroatoms. The first-order chi connectivity index (χ1) is 11.9. The summed E-state index contributed by atoms with van der Waals surface area (Å²) < 4.78 is 18.1. The number of methoxy groups -OCH3 is 1. The van der Waals surface area contributed by atoms with E-state index in [4.69, 9.17) is 4.74 Å². The molecule has 0 radical (unpaired) electrons. The van der Waals surface area contributed by atoms with E-state index in [1.54, 1.807) is 25.3 Å². The van der Waals surface area contributed by atoms with E-state index in [2.05, 4.69) is 15.3 Å². The van der Waals surface area contributed by atoms with Gasteiger partial charge < -0.3 is 10.1 Å². The van der Waals surface area contributed by atoms with Crippen LogP contribution in [0.15, 0.2) is 52.2 Å². The Bertz CT molecular complexity index is 851. The first-order valence-electron chi connectivity index (χ1n) is 7.51. The van der Waals surface area contributed by atoms with Crippen LogP contribution in [0.25, 0.3) is 0 Å². The predicted molar refractivity (Wildman–Crippen MR) is 91.7 cm³/mol. The third-order valence-electron chi connectivity index (χ3n) is 3.63. The number of halogens is 1. The summed E-state index contributed by atoms with van der Waals surface area (Å²) >= 11 is 0. The van der Waals surface area contributed by atoms with Gasteiger partial charge in [-0.15, -0.1) is 0 Å². The Hall–Kier alpha value is -3.09. The van der Waals surface area contributed by atoms with Gasteiger partial charge in [0.25, 0.3) is 5.91 Å². The smallest absolute Gasteiger partial charge is 0.340 e. The van der Waals surface area contributed by atoms with Gasteiger partial charge in [-0.05, 0) is 43.7 Å². The molecular formula is C18H18FN3O3. The second kappa shape index (κ2) is 7.65. The summed E-state index contributed by atoms with van der Waals surface area (Å²) in [4.78, 5) is 32.5. The molecule has 1 amide bonds. The highest BCUT2D eigenvalue weighted by Gasteiger charge is 2.24. The summed E-state index contributed by atoms with van der Waals surface area (Å²) in [7, 11) is 2.86. The number of amides is 1. The molecular weight excluding hydrogens is 325 g/mol. The number of ether oxygens (including phenoxy) is 1. The molecule has 0 atom stereocenters. The van der Waals surface area contributed by atoms with Crippen molar-refractivity contribution >= 4 is 17.6 Å². The van der Waals surface area contributed by atoms with Gasteiger partial charge in [0.1, 0.15) is 11.5 Å². The van der Waals surface area contributed by atoms with Crippen molar-refractivity contribution in [3.63, 3.8) is 0 Å². The third-order valence-corrected chi connectivity index (χ3v) is 3.63. The summed E-state index contributed by atoms with van der Waals surface area (Å²) in [6.07, 6.45) is 4.97. The molecule has 0 aromatic carbocycles. The van der Waals surface area contributed by atoms with Crippen molar-refractivity contribution in [2.45, 2.75) is 13.8 Å². The zero-order valence-corrected chi connectivity index (χ0v) is 14.4. The Balaban J connectivity index is 2.38. The van der Waals surface area contributed by atoms with Crippen LogP contribution in [0.4, 0.5) is 4.39 Å². The van der Waals surface area contributed by atoms with Crippen LogP contribution in [-0.4, -0.2) is 36.7 Å². The molecule has 1 aliphatic rings. The molecule has 1 heterocycles. The zero-order valence-electron chi connectivity index (χ0n) is 14.4. The lowest BCUT2D eigenvalue weighted by molar-refractivity contribution is -0.135. The van der Waals surface area contributed by atoms with Crippen molar-refractivity contribution in [3.05, 3.63) is 64.4 Å². The standard InChI is InChI=1S/C18H18FN3O3/c1-5-11-8-16(12(18(24)25-4)9-15(11)20-3)22-17(23)14-7-6-13(19)10(2)21-14/h5-9H,1-4H3,(H,22,23)/b11-5-,20-15?. The van der Waals surface area contributed by atoms with Crippen LogP contribution in [-0.2, 0) is 9.53 Å². The van der Waals surface area contributed by atoms with Crippen LogP contribution >= 0.6 is 0 Å². The van der Waals surface area contributed by atoms with Gasteiger partial charge in [-0.3, -0.25) is 9.79 Å². The topological polar surface area (TPSA) is 80.7 Å². The molecule has 0 bridgehead atoms. The number of aryl methyl sites for hydroxylation is 1. The van der Waals surface area contributed by atoms with E-state index in [1.165, 1.54) is 26.2 Å². The first-order valence-corrected chi connectivity index (χ1v) is 7.51. The minimum atomic E-state index is -0.605. The molecule has 0 spiro atoms. The van der Waals surface area contributed by atoms with Crippen molar-refractivity contribution < 1.29 is 18.7 Å². The van der Waals surface area contributed by atoms with E-state index in [0.29, 0.717) is 5.71 Å². The molecule has 1 aromatic rings. The molecule has 0 unspecified atom stereocenters. The number of nitrogens with one attached hydrogen (secondary N) is 1. The third kappa shape index (κ3) is 3.88. The normalized spacial score (nSPS) is 17.2. The lowest BCUT2D eigenvalue weighted by atomic mass is 9.96. The quantitative estimate of drug-likeness (QED) is 0.854. The van der Waals surface area contributed by atoms with Gasteiger partial charge in [0.15, 0.2) is 0 Å². The fraction of sp³-hybridized carbons (Fsp3) is 0.222. The van der Waals surface area contributed by atoms with Crippen molar-refractivity contribution in [1.82, 2.24) is 10.3 Å². The Morgan fingerprint density at radius 1 is 1.32 bits per heavy atom. The minimum Gasteiger partial charge on any atom is -0.465 e. The van der Waals surface area contributed by atoms with E-state index < -0.39 is 17.7 Å². The molecule has 2 rings (SSSR count). The number of esters is 1. The van der Waals surface area contributed by atoms with E-state index in [0.717, 1.165) is 5.57 Å². The fourth-order valence-electron chi connectivity index (χ4n) is 2.27. The highest BCUT2D eigenvalue weighted by Crippen LogP contribution is 2.21. The van der Waals surface area contributed by atoms with Gasteiger partial charge in [0, 0.05) is 7.05 Å².